The predicted octanol–water partition coefficient (Wildman–Crippen LogP) is 3.94. The summed E-state index contributed by atoms with van der Waals surface area (Å²) in [5.74, 6) is 0. The Hall–Kier alpha value is -1.84. The summed E-state index contributed by atoms with van der Waals surface area (Å²) in [6, 6.07) is 16.2. The molecule has 1 atom stereocenters. The zero-order valence-corrected chi connectivity index (χ0v) is 11.4. The molecule has 0 saturated carbocycles. The first kappa shape index (κ1) is 13.6. The first-order chi connectivity index (χ1) is 8.75. The van der Waals surface area contributed by atoms with E-state index < -0.39 is 0 Å². The highest BCUT2D eigenvalue weighted by Crippen LogP contribution is 2.28. The monoisotopic (exact) mass is 274 g/mol. The van der Waals surface area contributed by atoms with Gasteiger partial charge in [0, 0.05) is 11.4 Å². The van der Waals surface area contributed by atoms with E-state index in [0.29, 0.717) is 0 Å². The lowest BCUT2D eigenvalue weighted by Gasteiger charge is -2.03. The third-order valence-electron chi connectivity index (χ3n) is 3.04. The quantitative estimate of drug-likeness (QED) is 0.770. The van der Waals surface area contributed by atoms with Gasteiger partial charge in [0.1, 0.15) is 5.69 Å². The van der Waals surface area contributed by atoms with E-state index in [1.807, 2.05) is 37.3 Å². The van der Waals surface area contributed by atoms with Crippen molar-refractivity contribution in [3.63, 3.8) is 0 Å². The van der Waals surface area contributed by atoms with E-state index in [0.717, 1.165) is 22.2 Å². The van der Waals surface area contributed by atoms with Gasteiger partial charge in [0.05, 0.1) is 0 Å². The Kier molecular flexibility index (Phi) is 3.88. The zero-order valence-electron chi connectivity index (χ0n) is 10.5. The van der Waals surface area contributed by atoms with Gasteiger partial charge in [-0.25, -0.2) is 0 Å². The van der Waals surface area contributed by atoms with Gasteiger partial charge in [-0.15, -0.1) is 12.4 Å². The van der Waals surface area contributed by atoms with Gasteiger partial charge in [-0.05, 0) is 30.2 Å². The van der Waals surface area contributed by atoms with Crippen molar-refractivity contribution in [3.8, 4) is 11.1 Å². The summed E-state index contributed by atoms with van der Waals surface area (Å²) < 4.78 is 5.27. The van der Waals surface area contributed by atoms with E-state index in [1.165, 1.54) is 5.56 Å². The molecule has 0 bridgehead atoms. The van der Waals surface area contributed by atoms with E-state index in [4.69, 9.17) is 10.3 Å². The van der Waals surface area contributed by atoms with Crippen molar-refractivity contribution < 1.29 is 4.52 Å². The van der Waals surface area contributed by atoms with Crippen molar-refractivity contribution in [1.82, 2.24) is 5.16 Å². The van der Waals surface area contributed by atoms with Gasteiger partial charge in [0.15, 0.2) is 5.58 Å². The number of rotatable bonds is 2. The summed E-state index contributed by atoms with van der Waals surface area (Å²) >= 11 is 0. The van der Waals surface area contributed by atoms with Crippen LogP contribution in [0.2, 0.25) is 0 Å². The van der Waals surface area contributed by atoms with Crippen LogP contribution in [0.5, 0.6) is 0 Å². The second kappa shape index (κ2) is 5.43. The number of nitrogens with zero attached hydrogens (tertiary/aromatic N) is 1. The van der Waals surface area contributed by atoms with Crippen molar-refractivity contribution in [3.05, 3.63) is 54.2 Å². The van der Waals surface area contributed by atoms with Crippen LogP contribution in [-0.4, -0.2) is 5.16 Å². The third kappa shape index (κ3) is 2.48. The van der Waals surface area contributed by atoms with Gasteiger partial charge >= 0.3 is 0 Å². The summed E-state index contributed by atoms with van der Waals surface area (Å²) in [5.41, 5.74) is 9.80. The SMILES string of the molecule is CC(N)c1noc2ccc(-c3ccccc3)cc12.Cl. The fraction of sp³-hybridized carbons (Fsp3) is 0.133. The summed E-state index contributed by atoms with van der Waals surface area (Å²) in [7, 11) is 0. The summed E-state index contributed by atoms with van der Waals surface area (Å²) in [6.45, 7) is 1.91. The summed E-state index contributed by atoms with van der Waals surface area (Å²) in [5, 5.41) is 5.02. The Bertz CT molecular complexity index is 677. The van der Waals surface area contributed by atoms with Crippen molar-refractivity contribution in [2.75, 3.05) is 0 Å². The minimum absolute atomic E-state index is 0. The zero-order chi connectivity index (χ0) is 12.5. The third-order valence-corrected chi connectivity index (χ3v) is 3.04. The van der Waals surface area contributed by atoms with E-state index in [9.17, 15) is 0 Å². The average Bonchev–Trinajstić information content (AvgIpc) is 2.82. The highest BCUT2D eigenvalue weighted by atomic mass is 35.5. The smallest absolute Gasteiger partial charge is 0.167 e. The molecule has 3 aromatic rings. The molecule has 2 aromatic carbocycles. The molecule has 3 nitrogen and oxygen atoms in total. The fourth-order valence-electron chi connectivity index (χ4n) is 2.10. The van der Waals surface area contributed by atoms with E-state index in [-0.39, 0.29) is 18.4 Å². The molecule has 4 heteroatoms. The highest BCUT2D eigenvalue weighted by Gasteiger charge is 2.12. The largest absolute Gasteiger partial charge is 0.356 e. The Morgan fingerprint density at radius 1 is 1.05 bits per heavy atom. The Labute approximate surface area is 117 Å². The van der Waals surface area contributed by atoms with Crippen molar-refractivity contribution >= 4 is 23.4 Å². The van der Waals surface area contributed by atoms with Gasteiger partial charge in [-0.2, -0.15) is 0 Å². The molecule has 19 heavy (non-hydrogen) atoms. The van der Waals surface area contributed by atoms with Crippen LogP contribution in [-0.2, 0) is 0 Å². The molecule has 0 radical (unpaired) electrons. The predicted molar refractivity (Wildman–Crippen MR) is 79.3 cm³/mol. The van der Waals surface area contributed by atoms with Crippen LogP contribution >= 0.6 is 12.4 Å². The van der Waals surface area contributed by atoms with Crippen LogP contribution in [0.15, 0.2) is 53.1 Å². The van der Waals surface area contributed by atoms with Gasteiger partial charge < -0.3 is 10.3 Å². The molecule has 0 aliphatic rings. The molecule has 0 fully saturated rings. The van der Waals surface area contributed by atoms with E-state index in [2.05, 4.69) is 23.4 Å². The average molecular weight is 275 g/mol. The van der Waals surface area contributed by atoms with Crippen LogP contribution in [0.1, 0.15) is 18.7 Å². The second-order valence-corrected chi connectivity index (χ2v) is 4.43. The number of aromatic nitrogens is 1. The maximum Gasteiger partial charge on any atom is 0.167 e. The molecule has 3 rings (SSSR count). The Morgan fingerprint density at radius 2 is 1.79 bits per heavy atom. The molecule has 1 heterocycles. The van der Waals surface area contributed by atoms with E-state index in [1.54, 1.807) is 0 Å². The van der Waals surface area contributed by atoms with Gasteiger partial charge in [0.25, 0.3) is 0 Å². The molecule has 2 N–H and O–H groups in total. The fourth-order valence-corrected chi connectivity index (χ4v) is 2.10. The molecule has 0 aliphatic heterocycles. The molecule has 0 aliphatic carbocycles. The number of nitrogens with two attached hydrogens (primary N) is 1. The Balaban J connectivity index is 0.00000133. The minimum atomic E-state index is -0.128. The van der Waals surface area contributed by atoms with Crippen molar-refractivity contribution in [2.24, 2.45) is 5.73 Å². The van der Waals surface area contributed by atoms with Gasteiger partial charge in [-0.1, -0.05) is 41.6 Å². The van der Waals surface area contributed by atoms with Crippen molar-refractivity contribution in [2.45, 2.75) is 13.0 Å². The standard InChI is InChI=1S/C15H14N2O.ClH/c1-10(16)15-13-9-12(7-8-14(13)18-17-15)11-5-3-2-4-6-11;/h2-10H,16H2,1H3;1H. The van der Waals surface area contributed by atoms with Crippen LogP contribution in [0.3, 0.4) is 0 Å². The number of fused-ring (bicyclic) bond motifs is 1. The molecule has 0 spiro atoms. The van der Waals surface area contributed by atoms with Crippen LogP contribution in [0, 0.1) is 0 Å². The molecule has 1 aromatic heterocycles. The number of benzene rings is 2. The van der Waals surface area contributed by atoms with Crippen LogP contribution in [0.25, 0.3) is 22.1 Å². The normalized spacial score (nSPS) is 12.1. The lowest BCUT2D eigenvalue weighted by Crippen LogP contribution is -2.05. The Morgan fingerprint density at radius 3 is 2.47 bits per heavy atom. The number of hydrogen-bond donors (Lipinski definition) is 1. The minimum Gasteiger partial charge on any atom is -0.356 e. The number of hydrogen-bond acceptors (Lipinski definition) is 3. The second-order valence-electron chi connectivity index (χ2n) is 4.43. The number of halogens is 1. The molecular formula is C15H15ClN2O. The van der Waals surface area contributed by atoms with E-state index >= 15 is 0 Å². The lowest BCUT2D eigenvalue weighted by atomic mass is 10.0. The summed E-state index contributed by atoms with van der Waals surface area (Å²) in [4.78, 5) is 0. The summed E-state index contributed by atoms with van der Waals surface area (Å²) in [6.07, 6.45) is 0. The first-order valence-electron chi connectivity index (χ1n) is 5.96. The lowest BCUT2D eigenvalue weighted by molar-refractivity contribution is 0.440. The maximum absolute atomic E-state index is 5.89. The highest BCUT2D eigenvalue weighted by molar-refractivity contribution is 5.86. The molecule has 0 saturated heterocycles. The van der Waals surface area contributed by atoms with Crippen LogP contribution in [0.4, 0.5) is 0 Å². The molecular weight excluding hydrogens is 260 g/mol. The molecule has 0 amide bonds. The topological polar surface area (TPSA) is 52.0 Å². The molecule has 98 valence electrons. The van der Waals surface area contributed by atoms with Crippen LogP contribution < -0.4 is 5.73 Å². The molecule has 1 unspecified atom stereocenters. The van der Waals surface area contributed by atoms with Gasteiger partial charge in [0.2, 0.25) is 0 Å². The van der Waals surface area contributed by atoms with Gasteiger partial charge in [-0.3, -0.25) is 0 Å². The van der Waals surface area contributed by atoms with Crippen molar-refractivity contribution in [1.29, 1.82) is 0 Å². The first-order valence-corrected chi connectivity index (χ1v) is 5.96. The maximum atomic E-state index is 5.89.